The Morgan fingerprint density at radius 2 is 1.12 bits per heavy atom. The highest BCUT2D eigenvalue weighted by Crippen LogP contribution is 2.60. The molecule has 9 aromatic rings. The van der Waals surface area contributed by atoms with Crippen LogP contribution in [0, 0.1) is 0 Å². The van der Waals surface area contributed by atoms with Crippen LogP contribution >= 0.6 is 0 Å². The third-order valence-electron chi connectivity index (χ3n) is 16.6. The second-order valence-electron chi connectivity index (χ2n) is 22.8. The SMILES string of the molecule is CC(C)(C)c1ccc(N2C3=C(B4c5c(cc(-c6ccccc6)cc52)-c2cccc5c6ccc7ccccc7c6n4c25)C(C)(C)c2cc4c(cc23)C(C)(C)CCC4(C)C)c(-c2ccccc2)c1. The Morgan fingerprint density at radius 3 is 1.85 bits per heavy atom. The number of rotatable bonds is 3. The van der Waals surface area contributed by atoms with Crippen LogP contribution in [0.2, 0.25) is 0 Å². The molecule has 8 aromatic carbocycles. The lowest BCUT2D eigenvalue weighted by Crippen LogP contribution is -2.52. The van der Waals surface area contributed by atoms with E-state index in [4.69, 9.17) is 0 Å². The fraction of sp³-hybridized carbons (Fsp3) is 0.238. The fourth-order valence-electron chi connectivity index (χ4n) is 12.9. The van der Waals surface area contributed by atoms with E-state index < -0.39 is 0 Å². The molecule has 2 aliphatic heterocycles. The van der Waals surface area contributed by atoms with Crippen molar-refractivity contribution in [1.82, 2.24) is 4.48 Å². The van der Waals surface area contributed by atoms with Crippen LogP contribution in [0.4, 0.5) is 11.4 Å². The maximum Gasteiger partial charge on any atom is 0.329 e. The molecule has 0 saturated heterocycles. The Balaban J connectivity index is 1.25. The summed E-state index contributed by atoms with van der Waals surface area (Å²) >= 11 is 0. The van der Waals surface area contributed by atoms with E-state index in [1.165, 1.54) is 135 Å². The molecule has 0 bridgehead atoms. The van der Waals surface area contributed by atoms with Crippen LogP contribution in [-0.4, -0.2) is 11.3 Å². The summed E-state index contributed by atoms with van der Waals surface area (Å²) < 4.78 is 2.81. The number of hydrogen-bond donors (Lipinski definition) is 0. The molecular weight excluding hydrogens is 796 g/mol. The molecule has 0 unspecified atom stereocenters. The van der Waals surface area contributed by atoms with Crippen molar-refractivity contribution in [2.24, 2.45) is 0 Å². The quantitative estimate of drug-likeness (QED) is 0.161. The summed E-state index contributed by atoms with van der Waals surface area (Å²) in [6.07, 6.45) is 2.35. The van der Waals surface area contributed by atoms with Crippen LogP contribution in [0.1, 0.15) is 103 Å². The van der Waals surface area contributed by atoms with Gasteiger partial charge in [0.2, 0.25) is 0 Å². The van der Waals surface area contributed by atoms with Gasteiger partial charge in [0, 0.05) is 60.7 Å². The van der Waals surface area contributed by atoms with Crippen molar-refractivity contribution >= 4 is 62.0 Å². The largest absolute Gasteiger partial charge is 0.375 e. The minimum Gasteiger partial charge on any atom is -0.375 e. The van der Waals surface area contributed by atoms with Gasteiger partial charge in [-0.25, -0.2) is 0 Å². The van der Waals surface area contributed by atoms with E-state index in [9.17, 15) is 0 Å². The van der Waals surface area contributed by atoms with Gasteiger partial charge in [0.05, 0.1) is 5.69 Å². The summed E-state index contributed by atoms with van der Waals surface area (Å²) in [5, 5.41) is 5.24. The van der Waals surface area contributed by atoms with Crippen LogP contribution in [0.15, 0.2) is 163 Å². The highest BCUT2D eigenvalue weighted by Gasteiger charge is 2.54. The molecule has 3 heterocycles. The van der Waals surface area contributed by atoms with Crippen molar-refractivity contribution in [2.45, 2.75) is 96.8 Å². The average Bonchev–Trinajstić information content (AvgIpc) is 3.78. The number of benzene rings is 8. The smallest absolute Gasteiger partial charge is 0.329 e. The topological polar surface area (TPSA) is 8.17 Å². The second-order valence-corrected chi connectivity index (χ2v) is 22.8. The van der Waals surface area contributed by atoms with E-state index in [-0.39, 0.29) is 28.5 Å². The van der Waals surface area contributed by atoms with Crippen LogP contribution in [-0.2, 0) is 21.7 Å². The minimum absolute atomic E-state index is 0.0292. The van der Waals surface area contributed by atoms with Crippen molar-refractivity contribution in [2.75, 3.05) is 4.90 Å². The number of hydrogen-bond acceptors (Lipinski definition) is 1. The van der Waals surface area contributed by atoms with Gasteiger partial charge in [0.1, 0.15) is 0 Å². The number of allylic oxidation sites excluding steroid dienone is 1. The number of anilines is 2. The van der Waals surface area contributed by atoms with Gasteiger partial charge in [-0.05, 0) is 120 Å². The van der Waals surface area contributed by atoms with Crippen molar-refractivity contribution in [3.05, 3.63) is 191 Å². The van der Waals surface area contributed by atoms with Crippen LogP contribution < -0.4 is 10.4 Å². The Labute approximate surface area is 390 Å². The van der Waals surface area contributed by atoms with E-state index in [0.717, 1.165) is 0 Å². The van der Waals surface area contributed by atoms with Crippen molar-refractivity contribution in [1.29, 1.82) is 0 Å². The van der Waals surface area contributed by atoms with E-state index in [0.29, 0.717) is 0 Å². The summed E-state index contributed by atoms with van der Waals surface area (Å²) in [5.41, 5.74) is 24.0. The molecule has 0 saturated carbocycles. The molecule has 2 aliphatic carbocycles. The lowest BCUT2D eigenvalue weighted by Gasteiger charge is -2.44. The summed E-state index contributed by atoms with van der Waals surface area (Å²) in [7, 11) is 0. The Morgan fingerprint density at radius 1 is 0.470 bits per heavy atom. The summed E-state index contributed by atoms with van der Waals surface area (Å²) in [6.45, 7) is 22.0. The standard InChI is InChI=1S/C63H57BN2/c1-60(2,3)42-28-30-53(47(35-42)39-21-14-11-15-22-39)65-54-34-41(38-19-12-10-13-20-38)33-48-45-26-18-25-44-46-29-27-40-23-16-17-24-43(40)56(46)66(57(44)45)64(55(48)54)59-58(65)49-36-51-52(37-50(49)63(59,8)9)62(6,7)32-31-61(51,4)5/h10-30,33-37H,31-32H2,1-9H3. The first-order chi connectivity index (χ1) is 31.6. The van der Waals surface area contributed by atoms with Crippen molar-refractivity contribution < 1.29 is 0 Å². The molecule has 1 aromatic heterocycles. The van der Waals surface area contributed by atoms with Gasteiger partial charge in [-0.1, -0.05) is 190 Å². The highest BCUT2D eigenvalue weighted by molar-refractivity contribution is 6.86. The first kappa shape index (κ1) is 39.8. The van der Waals surface area contributed by atoms with E-state index in [1.807, 2.05) is 0 Å². The zero-order chi connectivity index (χ0) is 45.2. The predicted molar refractivity (Wildman–Crippen MR) is 283 cm³/mol. The Bertz CT molecular complexity index is 3590. The van der Waals surface area contributed by atoms with Gasteiger partial charge in [-0.15, -0.1) is 0 Å². The normalized spacial score (nSPS) is 17.3. The third kappa shape index (κ3) is 5.32. The second kappa shape index (κ2) is 13.3. The predicted octanol–water partition coefficient (Wildman–Crippen LogP) is 16.0. The monoisotopic (exact) mass is 852 g/mol. The maximum atomic E-state index is 2.81. The number of fused-ring (bicyclic) bond motifs is 11. The van der Waals surface area contributed by atoms with E-state index in [1.54, 1.807) is 0 Å². The summed E-state index contributed by atoms with van der Waals surface area (Å²) in [4.78, 5) is 2.75. The molecule has 0 amide bonds. The molecule has 0 radical (unpaired) electrons. The fourth-order valence-corrected chi connectivity index (χ4v) is 12.9. The molecule has 3 heteroatoms. The van der Waals surface area contributed by atoms with Gasteiger partial charge < -0.3 is 9.38 Å². The minimum atomic E-state index is -0.314. The van der Waals surface area contributed by atoms with E-state index >= 15 is 0 Å². The molecule has 0 spiro atoms. The summed E-state index contributed by atoms with van der Waals surface area (Å²) in [5.74, 6) is 0. The number of para-hydroxylation sites is 1. The number of aromatic nitrogens is 1. The average molecular weight is 853 g/mol. The zero-order valence-corrected chi connectivity index (χ0v) is 39.9. The van der Waals surface area contributed by atoms with Crippen LogP contribution in [0.5, 0.6) is 0 Å². The van der Waals surface area contributed by atoms with Crippen molar-refractivity contribution in [3.63, 3.8) is 0 Å². The summed E-state index contributed by atoms with van der Waals surface area (Å²) in [6, 6.07) is 60.9. The Kier molecular flexibility index (Phi) is 8.00. The first-order valence-electron chi connectivity index (χ1n) is 24.3. The van der Waals surface area contributed by atoms with Crippen LogP contribution in [0.3, 0.4) is 0 Å². The molecule has 66 heavy (non-hydrogen) atoms. The molecule has 2 nitrogen and oxygen atoms in total. The first-order valence-corrected chi connectivity index (χ1v) is 24.3. The molecule has 0 fully saturated rings. The highest BCUT2D eigenvalue weighted by atomic mass is 15.2. The third-order valence-corrected chi connectivity index (χ3v) is 16.6. The molecule has 0 N–H and O–H groups in total. The van der Waals surface area contributed by atoms with Gasteiger partial charge in [-0.3, -0.25) is 0 Å². The molecule has 0 atom stereocenters. The van der Waals surface area contributed by atoms with Gasteiger partial charge in [0.15, 0.2) is 0 Å². The van der Waals surface area contributed by atoms with E-state index in [2.05, 4.69) is 229 Å². The molecule has 4 aliphatic rings. The number of nitrogens with zero attached hydrogens (tertiary/aromatic N) is 2. The van der Waals surface area contributed by atoms with Gasteiger partial charge >= 0.3 is 6.85 Å². The molecule has 322 valence electrons. The maximum absolute atomic E-state index is 2.81. The van der Waals surface area contributed by atoms with Gasteiger partial charge in [-0.2, -0.15) is 0 Å². The lowest BCUT2D eigenvalue weighted by atomic mass is 9.40. The van der Waals surface area contributed by atoms with Crippen molar-refractivity contribution in [3.8, 4) is 33.4 Å². The Hall–Kier alpha value is -6.58. The molecular formula is C63H57BN2. The molecule has 13 rings (SSSR count). The lowest BCUT2D eigenvalue weighted by molar-refractivity contribution is 0.331. The van der Waals surface area contributed by atoms with Gasteiger partial charge in [0.25, 0.3) is 0 Å². The zero-order valence-electron chi connectivity index (χ0n) is 39.9. The van der Waals surface area contributed by atoms with Crippen LogP contribution in [0.25, 0.3) is 71.7 Å².